The van der Waals surface area contributed by atoms with Crippen molar-refractivity contribution in [2.45, 2.75) is 12.2 Å². The first-order valence-electron chi connectivity index (χ1n) is 3.02. The first kappa shape index (κ1) is 7.06. The molecule has 0 aliphatic carbocycles. The van der Waals surface area contributed by atoms with Crippen LogP contribution in [0.1, 0.15) is 0 Å². The number of nitrogens with zero attached hydrogens (tertiary/aromatic N) is 3. The monoisotopic (exact) mass is 190 g/mol. The summed E-state index contributed by atoms with van der Waals surface area (Å²) < 4.78 is 0. The molecule has 0 radical (unpaired) electrons. The van der Waals surface area contributed by atoms with Crippen molar-refractivity contribution in [1.29, 1.82) is 0 Å². The average Bonchev–Trinajstić information content (AvgIpc) is 2.31. The summed E-state index contributed by atoms with van der Waals surface area (Å²) in [7, 11) is 0. The minimum Gasteiger partial charge on any atom is -0.347 e. The average molecular weight is 191 g/mol. The molecule has 0 saturated heterocycles. The first-order chi connectivity index (χ1) is 5.27. The molecule has 6 heteroatoms. The summed E-state index contributed by atoms with van der Waals surface area (Å²) in [6, 6.07) is -0.158. The number of hydrogen-bond acceptors (Lipinski definition) is 4. The summed E-state index contributed by atoms with van der Waals surface area (Å²) in [5.41, 5.74) is 0. The van der Waals surface area contributed by atoms with Crippen molar-refractivity contribution in [3.05, 3.63) is 0 Å². The molecule has 2 atom stereocenters. The summed E-state index contributed by atoms with van der Waals surface area (Å²) in [5, 5.41) is 3.63. The van der Waals surface area contributed by atoms with Gasteiger partial charge in [-0.25, -0.2) is 15.0 Å². The van der Waals surface area contributed by atoms with Gasteiger partial charge < -0.3 is 5.32 Å². The summed E-state index contributed by atoms with van der Waals surface area (Å²) in [6.07, 6.45) is 1.16. The van der Waals surface area contributed by atoms with Crippen molar-refractivity contribution >= 4 is 40.0 Å². The van der Waals surface area contributed by atoms with Crippen LogP contribution in [-0.2, 0) is 0 Å². The summed E-state index contributed by atoms with van der Waals surface area (Å²) in [4.78, 5) is 11.7. The molecule has 2 rings (SSSR count). The van der Waals surface area contributed by atoms with Gasteiger partial charge in [-0.05, 0) is 11.6 Å². The standard InChI is InChI=1S/C5H4Cl2N4/c6-3-2-4(9-1-8-3)11-5(7)10-2/h1-2,4H,(H,10,11). The van der Waals surface area contributed by atoms with E-state index in [9.17, 15) is 0 Å². The molecular formula is C5H4Cl2N4. The smallest absolute Gasteiger partial charge is 0.194 e. The highest BCUT2D eigenvalue weighted by atomic mass is 35.5. The maximum absolute atomic E-state index is 5.75. The fraction of sp³-hybridized carbons (Fsp3) is 0.400. The molecule has 58 valence electrons. The molecule has 11 heavy (non-hydrogen) atoms. The molecule has 0 aromatic carbocycles. The third kappa shape index (κ3) is 1.12. The zero-order valence-corrected chi connectivity index (χ0v) is 6.84. The second-order valence-electron chi connectivity index (χ2n) is 2.17. The van der Waals surface area contributed by atoms with Crippen LogP contribution in [0.4, 0.5) is 0 Å². The van der Waals surface area contributed by atoms with Crippen LogP contribution in [0.3, 0.4) is 0 Å². The molecule has 2 heterocycles. The number of aliphatic imine (C=N–C) groups is 3. The lowest BCUT2D eigenvalue weighted by molar-refractivity contribution is 0.658. The molecule has 0 fully saturated rings. The van der Waals surface area contributed by atoms with Gasteiger partial charge in [0.15, 0.2) is 11.5 Å². The Bertz CT molecular complexity index is 270. The predicted octanol–water partition coefficient (Wildman–Crippen LogP) is 0.558. The quantitative estimate of drug-likeness (QED) is 0.558. The van der Waals surface area contributed by atoms with Crippen LogP contribution in [0.5, 0.6) is 0 Å². The van der Waals surface area contributed by atoms with E-state index >= 15 is 0 Å². The van der Waals surface area contributed by atoms with Crippen LogP contribution >= 0.6 is 23.2 Å². The fourth-order valence-corrected chi connectivity index (χ4v) is 1.40. The van der Waals surface area contributed by atoms with E-state index in [2.05, 4.69) is 20.3 Å². The lowest BCUT2D eigenvalue weighted by Crippen LogP contribution is -2.39. The molecule has 0 saturated carbocycles. The van der Waals surface area contributed by atoms with Gasteiger partial charge in [0.05, 0.1) is 0 Å². The molecule has 0 aromatic rings. The van der Waals surface area contributed by atoms with E-state index in [0.29, 0.717) is 10.5 Å². The third-order valence-electron chi connectivity index (χ3n) is 1.48. The van der Waals surface area contributed by atoms with Crippen molar-refractivity contribution in [3.8, 4) is 0 Å². The van der Waals surface area contributed by atoms with Crippen molar-refractivity contribution in [1.82, 2.24) is 5.32 Å². The maximum atomic E-state index is 5.75. The number of rotatable bonds is 0. The highest BCUT2D eigenvalue weighted by Crippen LogP contribution is 2.16. The van der Waals surface area contributed by atoms with Crippen LogP contribution < -0.4 is 5.32 Å². The van der Waals surface area contributed by atoms with Crippen molar-refractivity contribution in [2.75, 3.05) is 0 Å². The third-order valence-corrected chi connectivity index (χ3v) is 2.01. The lowest BCUT2D eigenvalue weighted by Gasteiger charge is -2.14. The van der Waals surface area contributed by atoms with Crippen molar-refractivity contribution in [3.63, 3.8) is 0 Å². The van der Waals surface area contributed by atoms with Gasteiger partial charge >= 0.3 is 0 Å². The van der Waals surface area contributed by atoms with Gasteiger partial charge in [0.1, 0.15) is 17.6 Å². The number of fused-ring (bicyclic) bond motifs is 1. The minimum atomic E-state index is -0.229. The van der Waals surface area contributed by atoms with Crippen LogP contribution in [0.25, 0.3) is 0 Å². The van der Waals surface area contributed by atoms with Crippen LogP contribution in [0, 0.1) is 0 Å². The second kappa shape index (κ2) is 2.46. The lowest BCUT2D eigenvalue weighted by atomic mass is 10.2. The topological polar surface area (TPSA) is 49.1 Å². The van der Waals surface area contributed by atoms with Gasteiger partial charge in [0, 0.05) is 0 Å². The molecule has 0 bridgehead atoms. The summed E-state index contributed by atoms with van der Waals surface area (Å²) in [5.74, 6) is 0. The molecular weight excluding hydrogens is 187 g/mol. The molecule has 0 spiro atoms. The maximum Gasteiger partial charge on any atom is 0.194 e. The van der Waals surface area contributed by atoms with E-state index in [1.807, 2.05) is 0 Å². The molecule has 2 aliphatic heterocycles. The highest BCUT2D eigenvalue weighted by molar-refractivity contribution is 6.69. The normalized spacial score (nSPS) is 34.0. The minimum absolute atomic E-state index is 0.158. The van der Waals surface area contributed by atoms with Gasteiger partial charge in [0.25, 0.3) is 0 Å². The first-order valence-corrected chi connectivity index (χ1v) is 3.77. The number of nitrogens with one attached hydrogen (secondary N) is 1. The van der Waals surface area contributed by atoms with Gasteiger partial charge in [-0.2, -0.15) is 0 Å². The SMILES string of the molecule is ClC1=NC2N=CN=C(Cl)C2N1. The molecule has 1 N–H and O–H groups in total. The van der Waals surface area contributed by atoms with E-state index in [1.54, 1.807) is 0 Å². The van der Waals surface area contributed by atoms with E-state index < -0.39 is 0 Å². The fourth-order valence-electron chi connectivity index (χ4n) is 0.970. The van der Waals surface area contributed by atoms with Crippen molar-refractivity contribution < 1.29 is 0 Å². The molecule has 4 nitrogen and oxygen atoms in total. The predicted molar refractivity (Wildman–Crippen MR) is 45.8 cm³/mol. The van der Waals surface area contributed by atoms with Gasteiger partial charge in [-0.1, -0.05) is 11.6 Å². The van der Waals surface area contributed by atoms with Crippen LogP contribution in [0.15, 0.2) is 15.0 Å². The van der Waals surface area contributed by atoms with E-state index in [1.165, 1.54) is 6.34 Å². The zero-order chi connectivity index (χ0) is 7.84. The molecule has 0 aromatic heterocycles. The molecule has 2 unspecified atom stereocenters. The Labute approximate surface area is 73.0 Å². The Hall–Kier alpha value is -0.610. The van der Waals surface area contributed by atoms with E-state index in [4.69, 9.17) is 23.2 Å². The highest BCUT2D eigenvalue weighted by Gasteiger charge is 2.32. The molecule has 0 amide bonds. The Morgan fingerprint density at radius 1 is 1.45 bits per heavy atom. The Morgan fingerprint density at radius 3 is 3.00 bits per heavy atom. The summed E-state index contributed by atoms with van der Waals surface area (Å²) >= 11 is 11.4. The van der Waals surface area contributed by atoms with E-state index in [-0.39, 0.29) is 12.2 Å². The molecule has 2 aliphatic rings. The van der Waals surface area contributed by atoms with Crippen LogP contribution in [0.2, 0.25) is 0 Å². The van der Waals surface area contributed by atoms with Crippen molar-refractivity contribution in [2.24, 2.45) is 15.0 Å². The number of amidine groups is 1. The van der Waals surface area contributed by atoms with Gasteiger partial charge in [-0.15, -0.1) is 0 Å². The zero-order valence-electron chi connectivity index (χ0n) is 5.33. The summed E-state index contributed by atoms with van der Waals surface area (Å²) in [6.45, 7) is 0. The van der Waals surface area contributed by atoms with Gasteiger partial charge in [0.2, 0.25) is 0 Å². The Balaban J connectivity index is 2.28. The Kier molecular flexibility index (Phi) is 1.58. The van der Waals surface area contributed by atoms with Crippen LogP contribution in [-0.4, -0.2) is 29.0 Å². The number of hydrogen-bond donors (Lipinski definition) is 1. The number of halogens is 2. The van der Waals surface area contributed by atoms with Gasteiger partial charge in [-0.3, -0.25) is 0 Å². The van der Waals surface area contributed by atoms with E-state index in [0.717, 1.165) is 0 Å². The second-order valence-corrected chi connectivity index (χ2v) is 2.92. The Morgan fingerprint density at radius 2 is 2.27 bits per heavy atom. The largest absolute Gasteiger partial charge is 0.347 e.